The van der Waals surface area contributed by atoms with Crippen LogP contribution in [-0.2, 0) is 6.42 Å². The van der Waals surface area contributed by atoms with Crippen molar-refractivity contribution in [2.45, 2.75) is 38.5 Å². The van der Waals surface area contributed by atoms with Crippen molar-refractivity contribution in [3.8, 4) is 0 Å². The molecule has 3 heteroatoms. The zero-order chi connectivity index (χ0) is 12.3. The second-order valence-corrected chi connectivity index (χ2v) is 5.53. The van der Waals surface area contributed by atoms with E-state index in [1.807, 2.05) is 6.07 Å². The highest BCUT2D eigenvalue weighted by Crippen LogP contribution is 2.39. The molecule has 17 heavy (non-hydrogen) atoms. The van der Waals surface area contributed by atoms with Crippen molar-refractivity contribution in [1.29, 1.82) is 0 Å². The molecule has 94 valence electrons. The van der Waals surface area contributed by atoms with E-state index in [1.165, 1.54) is 25.3 Å². The van der Waals surface area contributed by atoms with E-state index < -0.39 is 0 Å². The zero-order valence-corrected chi connectivity index (χ0v) is 10.8. The smallest absolute Gasteiger partial charge is 0.142 e. The van der Waals surface area contributed by atoms with Gasteiger partial charge in [-0.25, -0.2) is 4.39 Å². The summed E-state index contributed by atoms with van der Waals surface area (Å²) in [5.41, 5.74) is 6.97. The maximum absolute atomic E-state index is 13.4. The predicted molar refractivity (Wildman–Crippen MR) is 69.7 cm³/mol. The molecule has 1 aromatic carbocycles. The molecule has 2 N–H and O–H groups in total. The third kappa shape index (κ3) is 2.80. The third-order valence-electron chi connectivity index (χ3n) is 3.94. The highest BCUT2D eigenvalue weighted by molar-refractivity contribution is 6.31. The summed E-state index contributed by atoms with van der Waals surface area (Å²) in [4.78, 5) is 0. The Morgan fingerprint density at radius 3 is 2.59 bits per heavy atom. The quantitative estimate of drug-likeness (QED) is 0.870. The fraction of sp³-hybridized carbons (Fsp3) is 0.571. The Morgan fingerprint density at radius 1 is 1.24 bits per heavy atom. The molecule has 0 spiro atoms. The van der Waals surface area contributed by atoms with Crippen molar-refractivity contribution >= 4 is 11.6 Å². The lowest BCUT2D eigenvalue weighted by atomic mass is 9.70. The molecule has 0 unspecified atom stereocenters. The van der Waals surface area contributed by atoms with Crippen LogP contribution in [0.5, 0.6) is 0 Å². The second-order valence-electron chi connectivity index (χ2n) is 5.15. The normalized spacial score (nSPS) is 19.2. The lowest BCUT2D eigenvalue weighted by molar-refractivity contribution is 0.197. The first-order valence-electron chi connectivity index (χ1n) is 6.30. The Labute approximate surface area is 107 Å². The van der Waals surface area contributed by atoms with Crippen LogP contribution in [0.25, 0.3) is 0 Å². The molecule has 1 saturated carbocycles. The van der Waals surface area contributed by atoms with Crippen LogP contribution < -0.4 is 5.73 Å². The van der Waals surface area contributed by atoms with Gasteiger partial charge in [0.05, 0.1) is 5.02 Å². The summed E-state index contributed by atoms with van der Waals surface area (Å²) < 4.78 is 13.4. The summed E-state index contributed by atoms with van der Waals surface area (Å²) in [5.74, 6) is -0.327. The van der Waals surface area contributed by atoms with Gasteiger partial charge in [0.2, 0.25) is 0 Å². The van der Waals surface area contributed by atoms with Crippen LogP contribution in [0, 0.1) is 11.2 Å². The van der Waals surface area contributed by atoms with Crippen LogP contribution in [0.2, 0.25) is 5.02 Å². The Kier molecular flexibility index (Phi) is 4.05. The van der Waals surface area contributed by atoms with Crippen LogP contribution in [0.1, 0.15) is 37.7 Å². The Bertz CT molecular complexity index is 386. The lowest BCUT2D eigenvalue weighted by Crippen LogP contribution is -2.35. The Morgan fingerprint density at radius 2 is 1.94 bits per heavy atom. The van der Waals surface area contributed by atoms with E-state index in [0.717, 1.165) is 24.8 Å². The predicted octanol–water partition coefficient (Wildman–Crippen LogP) is 3.93. The fourth-order valence-corrected chi connectivity index (χ4v) is 3.04. The van der Waals surface area contributed by atoms with Crippen molar-refractivity contribution in [2.75, 3.05) is 6.54 Å². The lowest BCUT2D eigenvalue weighted by Gasteiger charge is -2.36. The minimum atomic E-state index is -0.327. The van der Waals surface area contributed by atoms with E-state index in [4.69, 9.17) is 17.3 Å². The molecular weight excluding hydrogens is 237 g/mol. The first-order chi connectivity index (χ1) is 8.17. The molecule has 1 aliphatic rings. The third-order valence-corrected chi connectivity index (χ3v) is 4.37. The average Bonchev–Trinajstić information content (AvgIpc) is 2.36. The molecule has 1 fully saturated rings. The molecule has 0 atom stereocenters. The summed E-state index contributed by atoms with van der Waals surface area (Å²) in [5, 5.41) is 0.269. The Balaban J connectivity index is 2.20. The van der Waals surface area contributed by atoms with Gasteiger partial charge in [-0.2, -0.15) is 0 Å². The fourth-order valence-electron chi connectivity index (χ4n) is 2.84. The maximum Gasteiger partial charge on any atom is 0.142 e. The second kappa shape index (κ2) is 5.36. The summed E-state index contributed by atoms with van der Waals surface area (Å²) in [7, 11) is 0. The van der Waals surface area contributed by atoms with E-state index in [1.54, 1.807) is 6.07 Å². The molecule has 2 rings (SSSR count). The topological polar surface area (TPSA) is 26.0 Å². The summed E-state index contributed by atoms with van der Waals surface area (Å²) >= 11 is 6.02. The van der Waals surface area contributed by atoms with E-state index in [9.17, 15) is 4.39 Å². The molecule has 0 radical (unpaired) electrons. The molecule has 1 aromatic rings. The number of nitrogens with two attached hydrogens (primary N) is 1. The molecule has 0 saturated heterocycles. The highest BCUT2D eigenvalue weighted by atomic mass is 35.5. The van der Waals surface area contributed by atoms with Gasteiger partial charge in [0.25, 0.3) is 0 Å². The molecule has 0 aliphatic heterocycles. The molecule has 0 heterocycles. The highest BCUT2D eigenvalue weighted by Gasteiger charge is 2.31. The SMILES string of the molecule is NCC1(Cc2cccc(F)c2Cl)CCCCC1. The standard InChI is InChI=1S/C14H19ClFN/c15-13-11(5-4-6-12(13)16)9-14(10-17)7-2-1-3-8-14/h4-6H,1-3,7-10,17H2. The van der Waals surface area contributed by atoms with Gasteiger partial charge in [0, 0.05) is 0 Å². The molecular formula is C14H19ClFN. The minimum Gasteiger partial charge on any atom is -0.330 e. The van der Waals surface area contributed by atoms with Gasteiger partial charge in [-0.05, 0) is 42.9 Å². The number of hydrogen-bond acceptors (Lipinski definition) is 1. The number of halogens is 2. The number of rotatable bonds is 3. The van der Waals surface area contributed by atoms with Gasteiger partial charge < -0.3 is 5.73 Å². The molecule has 1 nitrogen and oxygen atoms in total. The number of hydrogen-bond donors (Lipinski definition) is 1. The summed E-state index contributed by atoms with van der Waals surface area (Å²) in [6.07, 6.45) is 6.82. The van der Waals surface area contributed by atoms with Gasteiger partial charge in [-0.1, -0.05) is 43.0 Å². The van der Waals surface area contributed by atoms with Crippen LogP contribution in [0.15, 0.2) is 18.2 Å². The monoisotopic (exact) mass is 255 g/mol. The zero-order valence-electron chi connectivity index (χ0n) is 10.0. The number of benzene rings is 1. The molecule has 0 aromatic heterocycles. The average molecular weight is 256 g/mol. The molecule has 1 aliphatic carbocycles. The van der Waals surface area contributed by atoms with Crippen LogP contribution in [-0.4, -0.2) is 6.54 Å². The van der Waals surface area contributed by atoms with Crippen molar-refractivity contribution in [1.82, 2.24) is 0 Å². The van der Waals surface area contributed by atoms with Crippen molar-refractivity contribution in [3.63, 3.8) is 0 Å². The van der Waals surface area contributed by atoms with E-state index in [-0.39, 0.29) is 16.3 Å². The van der Waals surface area contributed by atoms with Crippen molar-refractivity contribution in [3.05, 3.63) is 34.6 Å². The van der Waals surface area contributed by atoms with Crippen molar-refractivity contribution < 1.29 is 4.39 Å². The van der Waals surface area contributed by atoms with Crippen LogP contribution in [0.3, 0.4) is 0 Å². The van der Waals surface area contributed by atoms with E-state index >= 15 is 0 Å². The van der Waals surface area contributed by atoms with Gasteiger partial charge in [-0.3, -0.25) is 0 Å². The first kappa shape index (κ1) is 12.8. The van der Waals surface area contributed by atoms with E-state index in [2.05, 4.69) is 0 Å². The van der Waals surface area contributed by atoms with Crippen LogP contribution >= 0.6 is 11.6 Å². The van der Waals surface area contributed by atoms with Gasteiger partial charge in [0.1, 0.15) is 5.82 Å². The Hall–Kier alpha value is -0.600. The van der Waals surface area contributed by atoms with Crippen LogP contribution in [0.4, 0.5) is 4.39 Å². The minimum absolute atomic E-state index is 0.135. The maximum atomic E-state index is 13.4. The first-order valence-corrected chi connectivity index (χ1v) is 6.68. The summed E-state index contributed by atoms with van der Waals surface area (Å²) in [6, 6.07) is 5.04. The largest absolute Gasteiger partial charge is 0.330 e. The van der Waals surface area contributed by atoms with Crippen molar-refractivity contribution in [2.24, 2.45) is 11.1 Å². The van der Waals surface area contributed by atoms with E-state index in [0.29, 0.717) is 6.54 Å². The summed E-state index contributed by atoms with van der Waals surface area (Å²) in [6.45, 7) is 0.667. The molecule has 0 bridgehead atoms. The van der Waals surface area contributed by atoms with Gasteiger partial charge in [0.15, 0.2) is 0 Å². The molecule has 0 amide bonds. The van der Waals surface area contributed by atoms with Gasteiger partial charge >= 0.3 is 0 Å². The van der Waals surface area contributed by atoms with Gasteiger partial charge in [-0.15, -0.1) is 0 Å².